The first kappa shape index (κ1) is 10.4. The van der Waals surface area contributed by atoms with Crippen molar-refractivity contribution in [3.63, 3.8) is 0 Å². The second-order valence-corrected chi connectivity index (χ2v) is 2.79. The van der Waals surface area contributed by atoms with Crippen molar-refractivity contribution in [1.82, 2.24) is 4.90 Å². The zero-order chi connectivity index (χ0) is 8.85. The Kier molecular flexibility index (Phi) is 4.86. The van der Waals surface area contributed by atoms with Gasteiger partial charge in [0.25, 0.3) is 0 Å². The maximum Gasteiger partial charge on any atom is 0.227 e. The van der Waals surface area contributed by atoms with Gasteiger partial charge in [-0.05, 0) is 6.92 Å². The monoisotopic (exact) mass is 159 g/mol. The van der Waals surface area contributed by atoms with Crippen molar-refractivity contribution < 1.29 is 9.53 Å². The summed E-state index contributed by atoms with van der Waals surface area (Å²) < 4.78 is 5.12. The van der Waals surface area contributed by atoms with Gasteiger partial charge in [0.1, 0.15) is 0 Å². The van der Waals surface area contributed by atoms with E-state index < -0.39 is 0 Å². The van der Waals surface area contributed by atoms with Crippen LogP contribution < -0.4 is 0 Å². The minimum atomic E-state index is -0.0232. The number of carbonyl (C=O) groups excluding carboxylic acids is 1. The third-order valence-corrected chi connectivity index (χ3v) is 1.43. The van der Waals surface area contributed by atoms with E-state index in [1.165, 1.54) is 0 Å². The number of rotatable bonds is 4. The van der Waals surface area contributed by atoms with E-state index in [4.69, 9.17) is 4.74 Å². The molecule has 0 fully saturated rings. The smallest absolute Gasteiger partial charge is 0.227 e. The molecule has 0 N–H and O–H groups in total. The standard InChI is InChI=1S/C8H17NO2/c1-5-11-6-7(2)8(10)9(3)4/h7H,5-6H2,1-4H3. The molecule has 11 heavy (non-hydrogen) atoms. The highest BCUT2D eigenvalue weighted by Crippen LogP contribution is 1.99. The van der Waals surface area contributed by atoms with E-state index in [-0.39, 0.29) is 11.8 Å². The Morgan fingerprint density at radius 1 is 1.55 bits per heavy atom. The molecule has 0 rings (SSSR count). The van der Waals surface area contributed by atoms with Crippen molar-refractivity contribution in [2.45, 2.75) is 13.8 Å². The molecule has 0 aliphatic heterocycles. The molecule has 66 valence electrons. The quantitative estimate of drug-likeness (QED) is 0.605. The highest BCUT2D eigenvalue weighted by Gasteiger charge is 2.13. The van der Waals surface area contributed by atoms with Crippen LogP contribution in [0.5, 0.6) is 0 Å². The van der Waals surface area contributed by atoms with Gasteiger partial charge in [-0.1, -0.05) is 6.92 Å². The maximum absolute atomic E-state index is 11.2. The molecule has 3 nitrogen and oxygen atoms in total. The van der Waals surface area contributed by atoms with E-state index in [0.717, 1.165) is 0 Å². The third-order valence-electron chi connectivity index (χ3n) is 1.43. The molecule has 0 saturated heterocycles. The van der Waals surface area contributed by atoms with Gasteiger partial charge in [-0.15, -0.1) is 0 Å². The summed E-state index contributed by atoms with van der Waals surface area (Å²) in [7, 11) is 3.51. The SMILES string of the molecule is CCOCC(C)C(=O)N(C)C. The normalized spacial score (nSPS) is 12.7. The first-order valence-electron chi connectivity index (χ1n) is 3.88. The summed E-state index contributed by atoms with van der Waals surface area (Å²) in [6.07, 6.45) is 0. The fourth-order valence-electron chi connectivity index (χ4n) is 0.807. The molecule has 3 heteroatoms. The molecule has 1 unspecified atom stereocenters. The van der Waals surface area contributed by atoms with E-state index in [0.29, 0.717) is 13.2 Å². The molecule has 0 aromatic carbocycles. The van der Waals surface area contributed by atoms with Crippen LogP contribution in [0.2, 0.25) is 0 Å². The van der Waals surface area contributed by atoms with Crippen LogP contribution in [-0.4, -0.2) is 38.1 Å². The zero-order valence-corrected chi connectivity index (χ0v) is 7.76. The highest BCUT2D eigenvalue weighted by molar-refractivity contribution is 5.77. The third kappa shape index (κ3) is 3.98. The van der Waals surface area contributed by atoms with Crippen molar-refractivity contribution in [2.24, 2.45) is 5.92 Å². The Bertz CT molecular complexity index is 123. The molecule has 0 aromatic rings. The number of amides is 1. The Labute approximate surface area is 68.3 Å². The van der Waals surface area contributed by atoms with Crippen molar-refractivity contribution in [2.75, 3.05) is 27.3 Å². The molecule has 0 heterocycles. The molecular formula is C8H17NO2. The topological polar surface area (TPSA) is 29.5 Å². The number of hydrogen-bond acceptors (Lipinski definition) is 2. The summed E-state index contributed by atoms with van der Waals surface area (Å²) in [5.41, 5.74) is 0. The van der Waals surface area contributed by atoms with Crippen LogP contribution in [0.3, 0.4) is 0 Å². The van der Waals surface area contributed by atoms with E-state index in [2.05, 4.69) is 0 Å². The highest BCUT2D eigenvalue weighted by atomic mass is 16.5. The summed E-state index contributed by atoms with van der Waals surface area (Å²) in [5.74, 6) is 0.100. The predicted molar refractivity (Wildman–Crippen MR) is 44.4 cm³/mol. The minimum Gasteiger partial charge on any atom is -0.381 e. The van der Waals surface area contributed by atoms with Crippen molar-refractivity contribution in [3.05, 3.63) is 0 Å². The van der Waals surface area contributed by atoms with Crippen molar-refractivity contribution in [3.8, 4) is 0 Å². The lowest BCUT2D eigenvalue weighted by Crippen LogP contribution is -2.30. The molecule has 1 amide bonds. The van der Waals surface area contributed by atoms with Crippen LogP contribution in [0.4, 0.5) is 0 Å². The molecule has 0 aliphatic rings. The van der Waals surface area contributed by atoms with Crippen LogP contribution >= 0.6 is 0 Å². The van der Waals surface area contributed by atoms with Gasteiger partial charge in [0.05, 0.1) is 12.5 Å². The molecule has 0 bridgehead atoms. The van der Waals surface area contributed by atoms with Gasteiger partial charge < -0.3 is 9.64 Å². The number of hydrogen-bond donors (Lipinski definition) is 0. The van der Waals surface area contributed by atoms with E-state index in [1.807, 2.05) is 13.8 Å². The Hall–Kier alpha value is -0.570. The summed E-state index contributed by atoms with van der Waals surface area (Å²) in [5, 5.41) is 0. The lowest BCUT2D eigenvalue weighted by atomic mass is 10.2. The van der Waals surface area contributed by atoms with Gasteiger partial charge in [-0.2, -0.15) is 0 Å². The minimum absolute atomic E-state index is 0.0232. The van der Waals surface area contributed by atoms with Crippen LogP contribution in [0.15, 0.2) is 0 Å². The van der Waals surface area contributed by atoms with E-state index in [1.54, 1.807) is 19.0 Å². The second-order valence-electron chi connectivity index (χ2n) is 2.79. The van der Waals surface area contributed by atoms with Crippen LogP contribution in [0.1, 0.15) is 13.8 Å². The van der Waals surface area contributed by atoms with Gasteiger partial charge in [0.15, 0.2) is 0 Å². The average molecular weight is 159 g/mol. The van der Waals surface area contributed by atoms with Gasteiger partial charge in [-0.3, -0.25) is 4.79 Å². The van der Waals surface area contributed by atoms with E-state index >= 15 is 0 Å². The largest absolute Gasteiger partial charge is 0.381 e. The summed E-state index contributed by atoms with van der Waals surface area (Å²) in [4.78, 5) is 12.8. The van der Waals surface area contributed by atoms with Crippen molar-refractivity contribution in [1.29, 1.82) is 0 Å². The predicted octanol–water partition coefficient (Wildman–Crippen LogP) is 0.747. The molecular weight excluding hydrogens is 142 g/mol. The summed E-state index contributed by atoms with van der Waals surface area (Å²) in [6.45, 7) is 4.99. The van der Waals surface area contributed by atoms with Crippen LogP contribution in [-0.2, 0) is 9.53 Å². The summed E-state index contributed by atoms with van der Waals surface area (Å²) >= 11 is 0. The van der Waals surface area contributed by atoms with E-state index in [9.17, 15) is 4.79 Å². The fraction of sp³-hybridized carbons (Fsp3) is 0.875. The lowest BCUT2D eigenvalue weighted by Gasteiger charge is -2.16. The fourth-order valence-corrected chi connectivity index (χ4v) is 0.807. The van der Waals surface area contributed by atoms with Crippen LogP contribution in [0.25, 0.3) is 0 Å². The first-order chi connectivity index (χ1) is 5.09. The average Bonchev–Trinajstić information content (AvgIpc) is 1.98. The van der Waals surface area contributed by atoms with Gasteiger partial charge >= 0.3 is 0 Å². The Morgan fingerprint density at radius 2 is 2.09 bits per heavy atom. The van der Waals surface area contributed by atoms with Gasteiger partial charge in [0.2, 0.25) is 5.91 Å². The molecule has 1 atom stereocenters. The van der Waals surface area contributed by atoms with Crippen LogP contribution in [0, 0.1) is 5.92 Å². The zero-order valence-electron chi connectivity index (χ0n) is 7.76. The Balaban J connectivity index is 3.64. The lowest BCUT2D eigenvalue weighted by molar-refractivity contribution is -0.134. The number of ether oxygens (including phenoxy) is 1. The molecule has 0 aliphatic carbocycles. The molecule has 0 aromatic heterocycles. The Morgan fingerprint density at radius 3 is 2.45 bits per heavy atom. The second kappa shape index (κ2) is 5.13. The van der Waals surface area contributed by atoms with Crippen molar-refractivity contribution >= 4 is 5.91 Å². The van der Waals surface area contributed by atoms with Gasteiger partial charge in [0, 0.05) is 20.7 Å². The van der Waals surface area contributed by atoms with Gasteiger partial charge in [-0.25, -0.2) is 0 Å². The maximum atomic E-state index is 11.2. The first-order valence-corrected chi connectivity index (χ1v) is 3.88. The number of carbonyl (C=O) groups is 1. The molecule has 0 spiro atoms. The molecule has 0 radical (unpaired) electrons. The molecule has 0 saturated carbocycles. The summed E-state index contributed by atoms with van der Waals surface area (Å²) in [6, 6.07) is 0. The number of nitrogens with zero attached hydrogens (tertiary/aromatic N) is 1.